The van der Waals surface area contributed by atoms with E-state index in [0.717, 1.165) is 5.56 Å². The third kappa shape index (κ3) is 5.69. The van der Waals surface area contributed by atoms with Crippen molar-refractivity contribution in [3.05, 3.63) is 48.0 Å². The number of nitrogens with zero attached hydrogens (tertiary/aromatic N) is 1. The molecular weight excluding hydrogens is 460 g/mol. The van der Waals surface area contributed by atoms with E-state index in [0.29, 0.717) is 32.5 Å². The number of nitrogens with one attached hydrogen (secondary N) is 1. The first-order chi connectivity index (χ1) is 16.9. The van der Waals surface area contributed by atoms with E-state index in [4.69, 9.17) is 9.47 Å². The Hall–Kier alpha value is -3.00. The molecule has 0 unspecified atom stereocenters. The Morgan fingerprint density at radius 2 is 1.78 bits per heavy atom. The van der Waals surface area contributed by atoms with Crippen molar-refractivity contribution < 1.29 is 28.7 Å². The van der Waals surface area contributed by atoms with E-state index in [1.165, 1.54) is 14.0 Å². The Morgan fingerprint density at radius 1 is 1.17 bits per heavy atom. The number of esters is 1. The number of piperidine rings is 1. The minimum absolute atomic E-state index is 0.0167. The van der Waals surface area contributed by atoms with Crippen LogP contribution in [0.3, 0.4) is 0 Å². The van der Waals surface area contributed by atoms with E-state index in [1.54, 1.807) is 4.90 Å². The monoisotopic (exact) mass is 498 g/mol. The van der Waals surface area contributed by atoms with Crippen molar-refractivity contribution in [2.24, 2.45) is 16.7 Å². The summed E-state index contributed by atoms with van der Waals surface area (Å²) in [5, 5.41) is 2.98. The number of hydrogen-bond donors (Lipinski definition) is 1. The van der Waals surface area contributed by atoms with Gasteiger partial charge in [0.15, 0.2) is 11.2 Å². The van der Waals surface area contributed by atoms with E-state index in [9.17, 15) is 19.2 Å². The van der Waals surface area contributed by atoms with Gasteiger partial charge in [0.05, 0.1) is 25.7 Å². The summed E-state index contributed by atoms with van der Waals surface area (Å²) >= 11 is 0. The summed E-state index contributed by atoms with van der Waals surface area (Å²) in [7, 11) is 1.21. The van der Waals surface area contributed by atoms with Crippen molar-refractivity contribution in [3.63, 3.8) is 0 Å². The molecule has 1 aromatic carbocycles. The maximum Gasteiger partial charge on any atom is 0.322 e. The van der Waals surface area contributed by atoms with E-state index in [2.05, 4.69) is 11.9 Å². The molecule has 36 heavy (non-hydrogen) atoms. The molecule has 0 bridgehead atoms. The Labute approximate surface area is 213 Å². The van der Waals surface area contributed by atoms with E-state index >= 15 is 0 Å². The molecule has 2 aliphatic heterocycles. The van der Waals surface area contributed by atoms with Crippen LogP contribution in [-0.2, 0) is 35.2 Å². The van der Waals surface area contributed by atoms with E-state index in [1.807, 2.05) is 51.1 Å². The van der Waals surface area contributed by atoms with Crippen molar-refractivity contribution in [3.8, 4) is 0 Å². The highest BCUT2D eigenvalue weighted by atomic mass is 16.5. The van der Waals surface area contributed by atoms with Crippen molar-refractivity contribution in [1.82, 2.24) is 10.2 Å². The SMILES string of the molecule is C=C1C(=O)[C@](C)(C(=O)OC)[C@@H](CC(=O)N2CCC(C(=O)NCc3ccccc3)CC2)O[C@H]1C(C)(C)C. The molecule has 1 aromatic rings. The van der Waals surface area contributed by atoms with Crippen LogP contribution in [0.5, 0.6) is 0 Å². The van der Waals surface area contributed by atoms with Gasteiger partial charge in [-0.25, -0.2) is 0 Å². The van der Waals surface area contributed by atoms with Crippen LogP contribution >= 0.6 is 0 Å². The molecule has 0 radical (unpaired) electrons. The summed E-state index contributed by atoms with van der Waals surface area (Å²) in [6.07, 6.45) is -0.646. The zero-order chi connectivity index (χ0) is 26.7. The van der Waals surface area contributed by atoms with Crippen LogP contribution in [0.2, 0.25) is 0 Å². The maximum atomic E-state index is 13.3. The molecule has 8 nitrogen and oxygen atoms in total. The molecule has 0 saturated carbocycles. The molecule has 3 atom stereocenters. The molecule has 2 aliphatic rings. The van der Waals surface area contributed by atoms with Gasteiger partial charge in [-0.05, 0) is 30.7 Å². The number of carbonyl (C=O) groups excluding carboxylic acids is 4. The van der Waals surface area contributed by atoms with E-state index < -0.39 is 34.8 Å². The standard InChI is InChI=1S/C28H38N2O6/c1-18-23(32)28(5,26(34)35-6)21(36-24(18)27(2,3)4)16-22(31)30-14-12-20(13-15-30)25(33)29-17-19-10-8-7-9-11-19/h7-11,20-21,24H,1,12-17H2,2-6H3,(H,29,33)/t21-,24-,28-/m1/s1. The average Bonchev–Trinajstić information content (AvgIpc) is 2.86. The summed E-state index contributed by atoms with van der Waals surface area (Å²) in [4.78, 5) is 53.6. The molecule has 2 fully saturated rings. The van der Waals surface area contributed by atoms with Gasteiger partial charge >= 0.3 is 5.97 Å². The van der Waals surface area contributed by atoms with E-state index in [-0.39, 0.29) is 29.7 Å². The Bertz CT molecular complexity index is 1010. The summed E-state index contributed by atoms with van der Waals surface area (Å²) < 4.78 is 11.2. The van der Waals surface area contributed by atoms with Gasteiger partial charge in [0, 0.05) is 31.1 Å². The minimum Gasteiger partial charge on any atom is -0.468 e. The zero-order valence-electron chi connectivity index (χ0n) is 22.0. The number of carbonyl (C=O) groups is 4. The second-order valence-corrected chi connectivity index (χ2v) is 11.0. The lowest BCUT2D eigenvalue weighted by molar-refractivity contribution is -0.183. The molecule has 196 valence electrons. The molecule has 0 spiro atoms. The van der Waals surface area contributed by atoms with Crippen LogP contribution in [0.25, 0.3) is 0 Å². The highest BCUT2D eigenvalue weighted by Gasteiger charge is 2.57. The molecule has 8 heteroatoms. The number of likely N-dealkylation sites (tertiary alicyclic amines) is 1. The Morgan fingerprint density at radius 3 is 2.33 bits per heavy atom. The second kappa shape index (κ2) is 10.9. The summed E-state index contributed by atoms with van der Waals surface area (Å²) in [5.41, 5.74) is -0.859. The third-order valence-corrected chi connectivity index (χ3v) is 7.31. The molecule has 1 N–H and O–H groups in total. The fourth-order valence-corrected chi connectivity index (χ4v) is 5.00. The summed E-state index contributed by atoms with van der Waals surface area (Å²) in [6.45, 7) is 12.4. The van der Waals surface area contributed by atoms with Gasteiger partial charge in [0.1, 0.15) is 0 Å². The molecule has 2 saturated heterocycles. The number of Topliss-reactive ketones (excluding diaryl/α,β-unsaturated/α-hetero) is 1. The van der Waals surface area contributed by atoms with Gasteiger partial charge < -0.3 is 19.7 Å². The normalized spacial score (nSPS) is 25.4. The Balaban J connectivity index is 1.63. The van der Waals surface area contributed by atoms with Crippen LogP contribution in [0.4, 0.5) is 0 Å². The number of benzene rings is 1. The van der Waals surface area contributed by atoms with Crippen LogP contribution < -0.4 is 5.32 Å². The lowest BCUT2D eigenvalue weighted by atomic mass is 9.69. The predicted octanol–water partition coefficient (Wildman–Crippen LogP) is 3.05. The maximum absolute atomic E-state index is 13.3. The molecule has 2 amide bonds. The number of hydrogen-bond acceptors (Lipinski definition) is 6. The molecule has 0 aromatic heterocycles. The van der Waals surface area contributed by atoms with Crippen LogP contribution in [0.1, 0.15) is 52.5 Å². The minimum atomic E-state index is -1.65. The fourth-order valence-electron chi connectivity index (χ4n) is 5.00. The number of ketones is 1. The average molecular weight is 499 g/mol. The predicted molar refractivity (Wildman–Crippen MR) is 135 cm³/mol. The highest BCUT2D eigenvalue weighted by Crippen LogP contribution is 2.43. The largest absolute Gasteiger partial charge is 0.468 e. The lowest BCUT2D eigenvalue weighted by Crippen LogP contribution is -2.59. The molecule has 0 aliphatic carbocycles. The first-order valence-corrected chi connectivity index (χ1v) is 12.5. The smallest absolute Gasteiger partial charge is 0.322 e. The quantitative estimate of drug-likeness (QED) is 0.368. The third-order valence-electron chi connectivity index (χ3n) is 7.31. The van der Waals surface area contributed by atoms with Crippen LogP contribution in [0.15, 0.2) is 42.5 Å². The fraction of sp³-hybridized carbons (Fsp3) is 0.571. The first-order valence-electron chi connectivity index (χ1n) is 12.5. The number of methoxy groups -OCH3 is 1. The second-order valence-electron chi connectivity index (χ2n) is 11.0. The lowest BCUT2D eigenvalue weighted by Gasteiger charge is -2.46. The molecule has 3 rings (SSSR count). The van der Waals surface area contributed by atoms with Crippen molar-refractivity contribution >= 4 is 23.6 Å². The van der Waals surface area contributed by atoms with Crippen molar-refractivity contribution in [2.75, 3.05) is 20.2 Å². The van der Waals surface area contributed by atoms with Crippen LogP contribution in [0, 0.1) is 16.7 Å². The summed E-state index contributed by atoms with van der Waals surface area (Å²) in [5.74, 6) is -1.60. The van der Waals surface area contributed by atoms with Crippen LogP contribution in [-0.4, -0.2) is 60.9 Å². The topological polar surface area (TPSA) is 102 Å². The van der Waals surface area contributed by atoms with Gasteiger partial charge in [0.2, 0.25) is 11.8 Å². The highest BCUT2D eigenvalue weighted by molar-refractivity contribution is 6.13. The van der Waals surface area contributed by atoms with Gasteiger partial charge in [-0.1, -0.05) is 57.7 Å². The first kappa shape index (κ1) is 27.6. The van der Waals surface area contributed by atoms with Gasteiger partial charge in [-0.3, -0.25) is 19.2 Å². The molecular formula is C28H38N2O6. The number of amides is 2. The number of ether oxygens (including phenoxy) is 2. The Kier molecular flexibility index (Phi) is 8.39. The van der Waals surface area contributed by atoms with Gasteiger partial charge in [-0.15, -0.1) is 0 Å². The number of rotatable bonds is 6. The van der Waals surface area contributed by atoms with Crippen molar-refractivity contribution in [1.29, 1.82) is 0 Å². The summed E-state index contributed by atoms with van der Waals surface area (Å²) in [6, 6.07) is 9.71. The molecule has 2 heterocycles. The van der Waals surface area contributed by atoms with Gasteiger partial charge in [0.25, 0.3) is 0 Å². The van der Waals surface area contributed by atoms with Crippen molar-refractivity contribution in [2.45, 2.75) is 65.7 Å². The zero-order valence-corrected chi connectivity index (χ0v) is 22.0. The van der Waals surface area contributed by atoms with Gasteiger partial charge in [-0.2, -0.15) is 0 Å².